The summed E-state index contributed by atoms with van der Waals surface area (Å²) in [4.78, 5) is 10.5. The van der Waals surface area contributed by atoms with Gasteiger partial charge in [-0.25, -0.2) is 0 Å². The summed E-state index contributed by atoms with van der Waals surface area (Å²) in [5.41, 5.74) is 0. The lowest BCUT2D eigenvalue weighted by molar-refractivity contribution is -0.117. The Labute approximate surface area is 79.8 Å². The van der Waals surface area contributed by atoms with Crippen molar-refractivity contribution >= 4 is 39.6 Å². The number of amides is 1. The molecule has 12 heavy (non-hydrogen) atoms. The molecule has 3 nitrogen and oxygen atoms in total. The molecule has 0 aliphatic heterocycles. The molecule has 0 aromatic carbocycles. The Morgan fingerprint density at radius 1 is 1.67 bits per heavy atom. The van der Waals surface area contributed by atoms with Gasteiger partial charge in [0, 0.05) is 6.92 Å². The summed E-state index contributed by atoms with van der Waals surface area (Å²) < 4.78 is 0. The zero-order valence-electron chi connectivity index (χ0n) is 6.46. The Morgan fingerprint density at radius 3 is 2.92 bits per heavy atom. The van der Waals surface area contributed by atoms with Crippen molar-refractivity contribution in [1.82, 2.24) is 5.32 Å². The van der Waals surface area contributed by atoms with Gasteiger partial charge >= 0.3 is 0 Å². The van der Waals surface area contributed by atoms with E-state index in [-0.39, 0.29) is 5.91 Å². The predicted molar refractivity (Wildman–Crippen MR) is 54.4 cm³/mol. The number of rotatable bonds is 1. The lowest BCUT2D eigenvalue weighted by Crippen LogP contribution is -2.31. The Morgan fingerprint density at radius 2 is 2.42 bits per heavy atom. The topological polar surface area (TPSA) is 41.1 Å². The monoisotopic (exact) mass is 200 g/mol. The normalized spacial score (nSPS) is 9.08. The van der Waals surface area contributed by atoms with Gasteiger partial charge in [0.25, 0.3) is 0 Å². The molecule has 0 unspecified atom stereocenters. The molecule has 5 heteroatoms. The van der Waals surface area contributed by atoms with E-state index in [1.807, 2.05) is 17.5 Å². The van der Waals surface area contributed by atoms with Gasteiger partial charge in [-0.2, -0.15) is 0 Å². The molecule has 0 bridgehead atoms. The zero-order valence-corrected chi connectivity index (χ0v) is 8.09. The number of thiocarbonyl (C=S) groups is 1. The zero-order chi connectivity index (χ0) is 8.97. The molecule has 0 radical (unpaired) electrons. The molecule has 0 atom stereocenters. The van der Waals surface area contributed by atoms with Crippen LogP contribution in [0.5, 0.6) is 0 Å². The molecule has 2 N–H and O–H groups in total. The molecule has 1 rings (SSSR count). The van der Waals surface area contributed by atoms with E-state index < -0.39 is 0 Å². The Bertz CT molecular complexity index is 282. The van der Waals surface area contributed by atoms with Crippen molar-refractivity contribution in [2.24, 2.45) is 0 Å². The van der Waals surface area contributed by atoms with Gasteiger partial charge in [0.2, 0.25) is 5.91 Å². The Kier molecular flexibility index (Phi) is 3.19. The van der Waals surface area contributed by atoms with E-state index >= 15 is 0 Å². The first-order valence-electron chi connectivity index (χ1n) is 3.30. The molecule has 0 aliphatic rings. The van der Waals surface area contributed by atoms with E-state index in [1.54, 1.807) is 0 Å². The van der Waals surface area contributed by atoms with Gasteiger partial charge in [-0.05, 0) is 29.7 Å². The van der Waals surface area contributed by atoms with Crippen LogP contribution in [0.1, 0.15) is 6.92 Å². The van der Waals surface area contributed by atoms with E-state index in [0.717, 1.165) is 5.00 Å². The largest absolute Gasteiger partial charge is 0.324 e. The van der Waals surface area contributed by atoms with Crippen LogP contribution in [-0.2, 0) is 4.79 Å². The molecule has 1 aromatic rings. The average molecular weight is 200 g/mol. The Balaban J connectivity index is 2.42. The summed E-state index contributed by atoms with van der Waals surface area (Å²) in [7, 11) is 0. The second kappa shape index (κ2) is 4.18. The molecule has 1 amide bonds. The van der Waals surface area contributed by atoms with Crippen LogP contribution in [0.3, 0.4) is 0 Å². The summed E-state index contributed by atoms with van der Waals surface area (Å²) in [6.07, 6.45) is 0. The van der Waals surface area contributed by atoms with Gasteiger partial charge < -0.3 is 10.6 Å². The minimum absolute atomic E-state index is 0.163. The van der Waals surface area contributed by atoms with E-state index in [9.17, 15) is 4.79 Å². The smallest absolute Gasteiger partial charge is 0.222 e. The first-order chi connectivity index (χ1) is 5.68. The van der Waals surface area contributed by atoms with Gasteiger partial charge in [0.05, 0.1) is 5.00 Å². The van der Waals surface area contributed by atoms with Crippen LogP contribution in [0.25, 0.3) is 0 Å². The minimum atomic E-state index is -0.163. The molecule has 64 valence electrons. The van der Waals surface area contributed by atoms with Crippen LogP contribution in [-0.4, -0.2) is 11.0 Å². The quantitative estimate of drug-likeness (QED) is 0.676. The maximum atomic E-state index is 10.5. The SMILES string of the molecule is CC(=O)NC(=S)Nc1cccs1. The number of anilines is 1. The van der Waals surface area contributed by atoms with Gasteiger partial charge in [-0.3, -0.25) is 4.79 Å². The number of nitrogens with one attached hydrogen (secondary N) is 2. The first-order valence-corrected chi connectivity index (χ1v) is 4.59. The molecule has 0 spiro atoms. The summed E-state index contributed by atoms with van der Waals surface area (Å²) in [6, 6.07) is 3.79. The van der Waals surface area contributed by atoms with Crippen molar-refractivity contribution < 1.29 is 4.79 Å². The third kappa shape index (κ3) is 2.98. The average Bonchev–Trinajstić information content (AvgIpc) is 2.37. The summed E-state index contributed by atoms with van der Waals surface area (Å²) in [5.74, 6) is -0.163. The maximum Gasteiger partial charge on any atom is 0.222 e. The van der Waals surface area contributed by atoms with Gasteiger partial charge in [-0.1, -0.05) is 0 Å². The molecule has 0 aliphatic carbocycles. The van der Waals surface area contributed by atoms with Crippen molar-refractivity contribution in [1.29, 1.82) is 0 Å². The number of carbonyl (C=O) groups excluding carboxylic acids is 1. The van der Waals surface area contributed by atoms with Crippen LogP contribution in [0, 0.1) is 0 Å². The lowest BCUT2D eigenvalue weighted by Gasteiger charge is -2.04. The van der Waals surface area contributed by atoms with E-state index in [0.29, 0.717) is 5.11 Å². The fourth-order valence-electron chi connectivity index (χ4n) is 0.653. The van der Waals surface area contributed by atoms with Gasteiger partial charge in [0.1, 0.15) is 0 Å². The molecule has 0 saturated heterocycles. The highest BCUT2D eigenvalue weighted by Gasteiger charge is 1.98. The van der Waals surface area contributed by atoms with Crippen molar-refractivity contribution in [2.75, 3.05) is 5.32 Å². The van der Waals surface area contributed by atoms with Gasteiger partial charge in [0.15, 0.2) is 5.11 Å². The number of carbonyl (C=O) groups is 1. The van der Waals surface area contributed by atoms with Crippen LogP contribution >= 0.6 is 23.6 Å². The Hall–Kier alpha value is -0.940. The lowest BCUT2D eigenvalue weighted by atomic mass is 10.6. The maximum absolute atomic E-state index is 10.5. The highest BCUT2D eigenvalue weighted by atomic mass is 32.1. The number of hydrogen-bond donors (Lipinski definition) is 2. The number of hydrogen-bond acceptors (Lipinski definition) is 3. The van der Waals surface area contributed by atoms with Gasteiger partial charge in [-0.15, -0.1) is 11.3 Å². The van der Waals surface area contributed by atoms with Crippen LogP contribution in [0.15, 0.2) is 17.5 Å². The van der Waals surface area contributed by atoms with Crippen LogP contribution < -0.4 is 10.6 Å². The van der Waals surface area contributed by atoms with Crippen LogP contribution in [0.2, 0.25) is 0 Å². The number of thiophene rings is 1. The van der Waals surface area contributed by atoms with E-state index in [1.165, 1.54) is 18.3 Å². The second-order valence-corrected chi connectivity index (χ2v) is 3.47. The highest BCUT2D eigenvalue weighted by molar-refractivity contribution is 7.80. The molecule has 0 fully saturated rings. The van der Waals surface area contributed by atoms with E-state index in [2.05, 4.69) is 10.6 Å². The van der Waals surface area contributed by atoms with Crippen molar-refractivity contribution in [2.45, 2.75) is 6.92 Å². The second-order valence-electron chi connectivity index (χ2n) is 2.11. The molecular formula is C7H8N2OS2. The third-order valence-electron chi connectivity index (χ3n) is 1.05. The molecule has 0 saturated carbocycles. The van der Waals surface area contributed by atoms with Crippen molar-refractivity contribution in [3.63, 3.8) is 0 Å². The molecule has 1 heterocycles. The third-order valence-corrected chi connectivity index (χ3v) is 2.04. The van der Waals surface area contributed by atoms with Crippen molar-refractivity contribution in [3.05, 3.63) is 17.5 Å². The van der Waals surface area contributed by atoms with Crippen LogP contribution in [0.4, 0.5) is 5.00 Å². The van der Waals surface area contributed by atoms with E-state index in [4.69, 9.17) is 12.2 Å². The summed E-state index contributed by atoms with van der Waals surface area (Å²) in [5, 5.41) is 8.53. The fraction of sp³-hybridized carbons (Fsp3) is 0.143. The first kappa shape index (κ1) is 9.15. The molecule has 1 aromatic heterocycles. The summed E-state index contributed by atoms with van der Waals surface area (Å²) >= 11 is 6.37. The standard InChI is InChI=1S/C7H8N2OS2/c1-5(10)8-7(11)9-6-3-2-4-12-6/h2-4H,1H3,(H2,8,9,10,11). The highest BCUT2D eigenvalue weighted by Crippen LogP contribution is 2.14. The van der Waals surface area contributed by atoms with Crippen molar-refractivity contribution in [3.8, 4) is 0 Å². The minimum Gasteiger partial charge on any atom is -0.324 e. The predicted octanol–water partition coefficient (Wildman–Crippen LogP) is 1.58. The fourth-order valence-corrected chi connectivity index (χ4v) is 1.59. The summed E-state index contributed by atoms with van der Waals surface area (Å²) in [6.45, 7) is 1.42. The molecular weight excluding hydrogens is 192 g/mol.